The summed E-state index contributed by atoms with van der Waals surface area (Å²) < 4.78 is 6.19. The third-order valence-electron chi connectivity index (χ3n) is 3.69. The summed E-state index contributed by atoms with van der Waals surface area (Å²) in [5.74, 6) is 1.04. The quantitative estimate of drug-likeness (QED) is 0.844. The summed E-state index contributed by atoms with van der Waals surface area (Å²) in [6.45, 7) is 11.0. The van der Waals surface area contributed by atoms with E-state index in [9.17, 15) is 0 Å². The van der Waals surface area contributed by atoms with E-state index in [2.05, 4.69) is 52.2 Å². The van der Waals surface area contributed by atoms with Gasteiger partial charge in [0.25, 0.3) is 0 Å². The zero-order chi connectivity index (χ0) is 14.2. The van der Waals surface area contributed by atoms with Crippen LogP contribution >= 0.6 is 0 Å². The number of fused-ring (bicyclic) bond motifs is 1. The van der Waals surface area contributed by atoms with Gasteiger partial charge < -0.3 is 9.57 Å². The first-order chi connectivity index (χ1) is 8.88. The smallest absolute Gasteiger partial charge is 0.128 e. The number of rotatable bonds is 3. The minimum absolute atomic E-state index is 0.0797. The highest BCUT2D eigenvalue weighted by molar-refractivity contribution is 5.52. The molecular formula is C16H25NO2. The minimum atomic E-state index is 0.0797. The Balaban J connectivity index is 2.53. The van der Waals surface area contributed by atoms with Gasteiger partial charge in [-0.05, 0) is 18.8 Å². The SMILES string of the molecule is CCC1Oc2c(cc(C)cc2C(C)(C)C)C1NOC. The zero-order valence-electron chi connectivity index (χ0n) is 12.8. The van der Waals surface area contributed by atoms with Crippen LogP contribution in [0.5, 0.6) is 5.75 Å². The van der Waals surface area contributed by atoms with Crippen LogP contribution in [-0.2, 0) is 10.3 Å². The first-order valence-electron chi connectivity index (χ1n) is 6.98. The summed E-state index contributed by atoms with van der Waals surface area (Å²) in [5, 5.41) is 0. The molecule has 2 unspecified atom stereocenters. The van der Waals surface area contributed by atoms with Crippen LogP contribution in [0.25, 0.3) is 0 Å². The average Bonchev–Trinajstić information content (AvgIpc) is 2.66. The van der Waals surface area contributed by atoms with Crippen LogP contribution in [0.1, 0.15) is 56.8 Å². The molecule has 0 bridgehead atoms. The molecule has 1 aromatic rings. The van der Waals surface area contributed by atoms with Gasteiger partial charge in [0.1, 0.15) is 11.9 Å². The lowest BCUT2D eigenvalue weighted by atomic mass is 9.83. The van der Waals surface area contributed by atoms with E-state index in [1.54, 1.807) is 7.11 Å². The molecule has 3 heteroatoms. The second kappa shape index (κ2) is 5.14. The fraction of sp³-hybridized carbons (Fsp3) is 0.625. The maximum absolute atomic E-state index is 6.19. The van der Waals surface area contributed by atoms with Crippen LogP contribution in [0.15, 0.2) is 12.1 Å². The van der Waals surface area contributed by atoms with Crippen molar-refractivity contribution in [3.8, 4) is 5.75 Å². The van der Waals surface area contributed by atoms with Crippen molar-refractivity contribution in [3.63, 3.8) is 0 Å². The van der Waals surface area contributed by atoms with Crippen molar-refractivity contribution in [1.82, 2.24) is 5.48 Å². The monoisotopic (exact) mass is 263 g/mol. The normalized spacial score (nSPS) is 22.2. The Morgan fingerprint density at radius 1 is 1.32 bits per heavy atom. The predicted octanol–water partition coefficient (Wildman–Crippen LogP) is 3.66. The van der Waals surface area contributed by atoms with Gasteiger partial charge in [-0.15, -0.1) is 0 Å². The van der Waals surface area contributed by atoms with Crippen molar-refractivity contribution in [1.29, 1.82) is 0 Å². The zero-order valence-corrected chi connectivity index (χ0v) is 12.8. The number of aryl methyl sites for hydroxylation is 1. The van der Waals surface area contributed by atoms with E-state index in [1.165, 1.54) is 16.7 Å². The van der Waals surface area contributed by atoms with Crippen molar-refractivity contribution < 1.29 is 9.57 Å². The number of nitrogens with one attached hydrogen (secondary N) is 1. The Morgan fingerprint density at radius 3 is 2.53 bits per heavy atom. The van der Waals surface area contributed by atoms with E-state index < -0.39 is 0 Å². The number of ether oxygens (including phenoxy) is 1. The molecule has 3 nitrogen and oxygen atoms in total. The first kappa shape index (κ1) is 14.4. The maximum atomic E-state index is 6.19. The van der Waals surface area contributed by atoms with Gasteiger partial charge in [-0.2, -0.15) is 5.48 Å². The van der Waals surface area contributed by atoms with Crippen LogP contribution in [0.4, 0.5) is 0 Å². The topological polar surface area (TPSA) is 30.5 Å². The van der Waals surface area contributed by atoms with Gasteiger partial charge in [0, 0.05) is 11.1 Å². The van der Waals surface area contributed by atoms with Crippen molar-refractivity contribution in [2.75, 3.05) is 7.11 Å². The fourth-order valence-electron chi connectivity index (χ4n) is 2.73. The predicted molar refractivity (Wildman–Crippen MR) is 77.5 cm³/mol. The molecule has 0 fully saturated rings. The molecule has 0 aliphatic carbocycles. The molecule has 0 saturated carbocycles. The molecule has 1 aliphatic rings. The van der Waals surface area contributed by atoms with E-state index >= 15 is 0 Å². The van der Waals surface area contributed by atoms with Crippen molar-refractivity contribution in [2.24, 2.45) is 0 Å². The minimum Gasteiger partial charge on any atom is -0.488 e. The van der Waals surface area contributed by atoms with E-state index in [1.807, 2.05) is 0 Å². The van der Waals surface area contributed by atoms with Crippen LogP contribution in [0, 0.1) is 6.92 Å². The molecule has 19 heavy (non-hydrogen) atoms. The van der Waals surface area contributed by atoms with E-state index in [0.717, 1.165) is 12.2 Å². The Hall–Kier alpha value is -1.06. The van der Waals surface area contributed by atoms with Gasteiger partial charge in [0.2, 0.25) is 0 Å². The molecule has 106 valence electrons. The largest absolute Gasteiger partial charge is 0.488 e. The van der Waals surface area contributed by atoms with Gasteiger partial charge in [-0.3, -0.25) is 0 Å². The maximum Gasteiger partial charge on any atom is 0.128 e. The molecule has 1 heterocycles. The van der Waals surface area contributed by atoms with Crippen LogP contribution in [-0.4, -0.2) is 13.2 Å². The van der Waals surface area contributed by atoms with E-state index in [-0.39, 0.29) is 17.6 Å². The number of hydroxylamine groups is 1. The van der Waals surface area contributed by atoms with Crippen LogP contribution in [0.3, 0.4) is 0 Å². The molecule has 0 saturated heterocycles. The Bertz CT molecular complexity index is 463. The van der Waals surface area contributed by atoms with Crippen LogP contribution in [0.2, 0.25) is 0 Å². The second-order valence-electron chi connectivity index (χ2n) is 6.35. The molecule has 0 radical (unpaired) electrons. The standard InChI is InChI=1S/C16H25NO2/c1-7-13-14(17-18-6)11-8-10(2)9-12(15(11)19-13)16(3,4)5/h8-9,13-14,17H,7H2,1-6H3. The van der Waals surface area contributed by atoms with E-state index in [0.29, 0.717) is 0 Å². The lowest BCUT2D eigenvalue weighted by Gasteiger charge is -2.23. The summed E-state index contributed by atoms with van der Waals surface area (Å²) in [7, 11) is 1.66. The summed E-state index contributed by atoms with van der Waals surface area (Å²) >= 11 is 0. The van der Waals surface area contributed by atoms with Gasteiger partial charge in [0.05, 0.1) is 13.2 Å². The third kappa shape index (κ3) is 2.63. The average molecular weight is 263 g/mol. The van der Waals surface area contributed by atoms with Crippen molar-refractivity contribution in [2.45, 2.75) is 58.6 Å². The molecule has 0 spiro atoms. The number of hydrogen-bond acceptors (Lipinski definition) is 3. The number of benzene rings is 1. The highest BCUT2D eigenvalue weighted by Crippen LogP contribution is 2.45. The summed E-state index contributed by atoms with van der Waals surface area (Å²) in [6.07, 6.45) is 1.09. The number of hydrogen-bond donors (Lipinski definition) is 1. The summed E-state index contributed by atoms with van der Waals surface area (Å²) in [4.78, 5) is 5.15. The fourth-order valence-corrected chi connectivity index (χ4v) is 2.73. The van der Waals surface area contributed by atoms with Gasteiger partial charge in [0.15, 0.2) is 0 Å². The summed E-state index contributed by atoms with van der Waals surface area (Å²) in [5.41, 5.74) is 6.93. The third-order valence-corrected chi connectivity index (χ3v) is 3.69. The lowest BCUT2D eigenvalue weighted by Crippen LogP contribution is -2.29. The highest BCUT2D eigenvalue weighted by atomic mass is 16.6. The van der Waals surface area contributed by atoms with Gasteiger partial charge in [-0.1, -0.05) is 45.4 Å². The second-order valence-corrected chi connectivity index (χ2v) is 6.35. The highest BCUT2D eigenvalue weighted by Gasteiger charge is 2.37. The molecular weight excluding hydrogens is 238 g/mol. The van der Waals surface area contributed by atoms with E-state index in [4.69, 9.17) is 9.57 Å². The molecule has 0 aromatic heterocycles. The van der Waals surface area contributed by atoms with Crippen LogP contribution < -0.4 is 10.2 Å². The first-order valence-corrected chi connectivity index (χ1v) is 6.98. The van der Waals surface area contributed by atoms with Gasteiger partial charge >= 0.3 is 0 Å². The Labute approximate surface area is 116 Å². The lowest BCUT2D eigenvalue weighted by molar-refractivity contribution is 0.0281. The molecule has 0 amide bonds. The molecule has 1 aliphatic heterocycles. The molecule has 1 N–H and O–H groups in total. The molecule has 2 atom stereocenters. The van der Waals surface area contributed by atoms with Crippen molar-refractivity contribution in [3.05, 3.63) is 28.8 Å². The van der Waals surface area contributed by atoms with Crippen molar-refractivity contribution >= 4 is 0 Å². The Kier molecular flexibility index (Phi) is 3.88. The molecule has 1 aromatic carbocycles. The molecule has 2 rings (SSSR count). The summed E-state index contributed by atoms with van der Waals surface area (Å²) in [6, 6.07) is 4.56. The van der Waals surface area contributed by atoms with Gasteiger partial charge in [-0.25, -0.2) is 0 Å². The Morgan fingerprint density at radius 2 is 2.00 bits per heavy atom.